The summed E-state index contributed by atoms with van der Waals surface area (Å²) in [7, 11) is 0. The molecule has 1 aromatic carbocycles. The molecular weight excluding hydrogens is 316 g/mol. The molecule has 0 radical (unpaired) electrons. The lowest BCUT2D eigenvalue weighted by molar-refractivity contribution is 0.0384. The minimum absolute atomic E-state index is 0.763. The molecule has 0 bridgehead atoms. The summed E-state index contributed by atoms with van der Waals surface area (Å²) >= 11 is 9.44. The predicted molar refractivity (Wildman–Crippen MR) is 78.1 cm³/mol. The van der Waals surface area contributed by atoms with E-state index >= 15 is 0 Å². The number of morpholine rings is 1. The van der Waals surface area contributed by atoms with Crippen LogP contribution in [0.4, 0.5) is 0 Å². The van der Waals surface area contributed by atoms with Crippen molar-refractivity contribution in [3.8, 4) is 0 Å². The van der Waals surface area contributed by atoms with Crippen LogP contribution in [0.1, 0.15) is 5.56 Å². The van der Waals surface area contributed by atoms with Gasteiger partial charge in [-0.25, -0.2) is 0 Å². The second kappa shape index (κ2) is 7.46. The van der Waals surface area contributed by atoms with E-state index in [1.54, 1.807) is 0 Å². The van der Waals surface area contributed by atoms with Crippen molar-refractivity contribution < 1.29 is 4.74 Å². The Hall–Kier alpha value is -0.130. The van der Waals surface area contributed by atoms with Gasteiger partial charge in [-0.3, -0.25) is 4.90 Å². The monoisotopic (exact) mass is 332 g/mol. The fraction of sp³-hybridized carbons (Fsp3) is 0.538. The highest BCUT2D eigenvalue weighted by molar-refractivity contribution is 9.10. The molecule has 18 heavy (non-hydrogen) atoms. The van der Waals surface area contributed by atoms with Crippen LogP contribution in [0.25, 0.3) is 0 Å². The second-order valence-corrected chi connectivity index (χ2v) is 5.66. The summed E-state index contributed by atoms with van der Waals surface area (Å²) in [6.45, 7) is 6.76. The number of rotatable bonds is 5. The molecule has 1 aliphatic heterocycles. The highest BCUT2D eigenvalue weighted by atomic mass is 79.9. The van der Waals surface area contributed by atoms with Crippen LogP contribution in [0, 0.1) is 0 Å². The molecule has 0 aromatic heterocycles. The van der Waals surface area contributed by atoms with E-state index in [0.29, 0.717) is 0 Å². The van der Waals surface area contributed by atoms with Crippen molar-refractivity contribution in [1.29, 1.82) is 0 Å². The average molecular weight is 334 g/mol. The number of halogens is 2. The summed E-state index contributed by atoms with van der Waals surface area (Å²) < 4.78 is 6.39. The largest absolute Gasteiger partial charge is 0.379 e. The predicted octanol–water partition coefficient (Wildman–Crippen LogP) is 2.52. The Morgan fingerprint density at radius 3 is 2.83 bits per heavy atom. The van der Waals surface area contributed by atoms with Crippen LogP contribution in [0.2, 0.25) is 5.02 Å². The molecule has 100 valence electrons. The Morgan fingerprint density at radius 1 is 1.33 bits per heavy atom. The van der Waals surface area contributed by atoms with E-state index in [1.165, 1.54) is 5.56 Å². The first-order valence-corrected chi connectivity index (χ1v) is 7.37. The molecule has 1 aromatic rings. The van der Waals surface area contributed by atoms with Crippen LogP contribution in [0.3, 0.4) is 0 Å². The quantitative estimate of drug-likeness (QED) is 0.838. The Balaban J connectivity index is 1.68. The summed E-state index contributed by atoms with van der Waals surface area (Å²) in [5.74, 6) is 0. The minimum atomic E-state index is 0.763. The van der Waals surface area contributed by atoms with Gasteiger partial charge in [0.2, 0.25) is 0 Å². The molecule has 1 aliphatic rings. The Morgan fingerprint density at radius 2 is 2.11 bits per heavy atom. The smallest absolute Gasteiger partial charge is 0.0594 e. The van der Waals surface area contributed by atoms with E-state index in [0.717, 1.165) is 55.4 Å². The lowest BCUT2D eigenvalue weighted by Gasteiger charge is -2.26. The van der Waals surface area contributed by atoms with Crippen molar-refractivity contribution in [3.63, 3.8) is 0 Å². The summed E-state index contributed by atoms with van der Waals surface area (Å²) in [5, 5.41) is 4.22. The number of ether oxygens (including phenoxy) is 1. The standard InChI is InChI=1S/C13H18BrClN2O/c14-13-9-12(15)2-1-11(13)10-16-3-4-17-5-7-18-8-6-17/h1-2,9,16H,3-8,10H2. The maximum Gasteiger partial charge on any atom is 0.0594 e. The van der Waals surface area contributed by atoms with Crippen molar-refractivity contribution in [3.05, 3.63) is 33.3 Å². The van der Waals surface area contributed by atoms with Crippen molar-refractivity contribution in [2.24, 2.45) is 0 Å². The highest BCUT2D eigenvalue weighted by Crippen LogP contribution is 2.21. The number of hydrogen-bond donors (Lipinski definition) is 1. The molecule has 0 atom stereocenters. The van der Waals surface area contributed by atoms with Crippen LogP contribution in [0.5, 0.6) is 0 Å². The Labute approximate surface area is 122 Å². The fourth-order valence-corrected chi connectivity index (χ4v) is 2.77. The average Bonchev–Trinajstić information content (AvgIpc) is 2.38. The normalized spacial score (nSPS) is 17.0. The van der Waals surface area contributed by atoms with Gasteiger partial charge in [0.05, 0.1) is 13.2 Å². The lowest BCUT2D eigenvalue weighted by Crippen LogP contribution is -2.40. The van der Waals surface area contributed by atoms with Crippen LogP contribution >= 0.6 is 27.5 Å². The van der Waals surface area contributed by atoms with E-state index in [4.69, 9.17) is 16.3 Å². The molecule has 1 fully saturated rings. The first-order chi connectivity index (χ1) is 8.75. The maximum atomic E-state index is 5.91. The molecule has 0 saturated carbocycles. The third kappa shape index (κ3) is 4.52. The third-order valence-corrected chi connectivity index (χ3v) is 4.01. The van der Waals surface area contributed by atoms with E-state index in [9.17, 15) is 0 Å². The maximum absolute atomic E-state index is 5.91. The van der Waals surface area contributed by atoms with Crippen LogP contribution < -0.4 is 5.32 Å². The zero-order chi connectivity index (χ0) is 12.8. The van der Waals surface area contributed by atoms with Gasteiger partial charge in [-0.15, -0.1) is 0 Å². The third-order valence-electron chi connectivity index (χ3n) is 3.04. The van der Waals surface area contributed by atoms with Crippen molar-refractivity contribution in [2.75, 3.05) is 39.4 Å². The molecule has 5 heteroatoms. The van der Waals surface area contributed by atoms with E-state index in [2.05, 4.69) is 26.1 Å². The first kappa shape index (κ1) is 14.3. The minimum Gasteiger partial charge on any atom is -0.379 e. The Kier molecular flexibility index (Phi) is 5.92. The first-order valence-electron chi connectivity index (χ1n) is 6.20. The summed E-state index contributed by atoms with van der Waals surface area (Å²) in [4.78, 5) is 2.42. The van der Waals surface area contributed by atoms with Crippen molar-refractivity contribution in [2.45, 2.75) is 6.54 Å². The van der Waals surface area contributed by atoms with Gasteiger partial charge in [-0.1, -0.05) is 33.6 Å². The lowest BCUT2D eigenvalue weighted by atomic mass is 10.2. The van der Waals surface area contributed by atoms with Crippen LogP contribution in [-0.2, 0) is 11.3 Å². The molecule has 0 spiro atoms. The topological polar surface area (TPSA) is 24.5 Å². The number of benzene rings is 1. The SMILES string of the molecule is Clc1ccc(CNCCN2CCOCC2)c(Br)c1. The molecule has 2 rings (SSSR count). The fourth-order valence-electron chi connectivity index (χ4n) is 1.95. The summed E-state index contributed by atoms with van der Waals surface area (Å²) in [6, 6.07) is 5.90. The molecular formula is C13H18BrClN2O. The van der Waals surface area contributed by atoms with Crippen LogP contribution in [-0.4, -0.2) is 44.3 Å². The van der Waals surface area contributed by atoms with Gasteiger partial charge in [0, 0.05) is 42.2 Å². The second-order valence-electron chi connectivity index (χ2n) is 4.37. The van der Waals surface area contributed by atoms with Crippen molar-refractivity contribution in [1.82, 2.24) is 10.2 Å². The van der Waals surface area contributed by atoms with Gasteiger partial charge in [-0.05, 0) is 17.7 Å². The summed E-state index contributed by atoms with van der Waals surface area (Å²) in [6.07, 6.45) is 0. The van der Waals surface area contributed by atoms with Crippen LogP contribution in [0.15, 0.2) is 22.7 Å². The molecule has 3 nitrogen and oxygen atoms in total. The van der Waals surface area contributed by atoms with Gasteiger partial charge in [0.1, 0.15) is 0 Å². The molecule has 0 aliphatic carbocycles. The molecule has 1 N–H and O–H groups in total. The molecule has 0 unspecified atom stereocenters. The van der Waals surface area contributed by atoms with Gasteiger partial charge in [0.15, 0.2) is 0 Å². The molecule has 1 heterocycles. The Bertz CT molecular complexity index is 383. The zero-order valence-electron chi connectivity index (χ0n) is 10.3. The van der Waals surface area contributed by atoms with Crippen molar-refractivity contribution >= 4 is 27.5 Å². The van der Waals surface area contributed by atoms with E-state index in [-0.39, 0.29) is 0 Å². The van der Waals surface area contributed by atoms with Gasteiger partial charge >= 0.3 is 0 Å². The molecule has 1 saturated heterocycles. The molecule has 0 amide bonds. The van der Waals surface area contributed by atoms with Gasteiger partial charge in [0.25, 0.3) is 0 Å². The summed E-state index contributed by atoms with van der Waals surface area (Å²) in [5.41, 5.74) is 1.24. The number of hydrogen-bond acceptors (Lipinski definition) is 3. The zero-order valence-corrected chi connectivity index (χ0v) is 12.6. The highest BCUT2D eigenvalue weighted by Gasteiger charge is 2.09. The van der Waals surface area contributed by atoms with E-state index < -0.39 is 0 Å². The number of nitrogens with one attached hydrogen (secondary N) is 1. The van der Waals surface area contributed by atoms with Gasteiger partial charge in [-0.2, -0.15) is 0 Å². The van der Waals surface area contributed by atoms with E-state index in [1.807, 2.05) is 18.2 Å². The number of nitrogens with zero attached hydrogens (tertiary/aromatic N) is 1. The van der Waals surface area contributed by atoms with Gasteiger partial charge < -0.3 is 10.1 Å².